The molecule has 17 heavy (non-hydrogen) atoms. The van der Waals surface area contributed by atoms with Crippen LogP contribution in [0.5, 0.6) is 5.75 Å². The van der Waals surface area contributed by atoms with Crippen molar-refractivity contribution in [2.24, 2.45) is 0 Å². The van der Waals surface area contributed by atoms with Crippen LogP contribution in [0.3, 0.4) is 0 Å². The van der Waals surface area contributed by atoms with Crippen molar-refractivity contribution in [2.75, 3.05) is 20.2 Å². The lowest BCUT2D eigenvalue weighted by molar-refractivity contribution is -0.132. The van der Waals surface area contributed by atoms with Crippen LogP contribution in [0.2, 0.25) is 0 Å². The first-order valence-corrected chi connectivity index (χ1v) is 6.06. The second-order valence-corrected chi connectivity index (χ2v) is 4.01. The summed E-state index contributed by atoms with van der Waals surface area (Å²) >= 11 is 0. The molecule has 0 aliphatic carbocycles. The summed E-state index contributed by atoms with van der Waals surface area (Å²) in [6, 6.07) is 7.69. The fraction of sp³-hybridized carbons (Fsp3) is 0.500. The quantitative estimate of drug-likeness (QED) is 0.785. The number of carbonyl (C=O) groups excluding carboxylic acids is 1. The minimum Gasteiger partial charge on any atom is -0.497 e. The molecule has 0 radical (unpaired) electrons. The molecule has 0 aliphatic rings. The fourth-order valence-electron chi connectivity index (χ4n) is 1.86. The Balaban J connectivity index is 2.87. The SMILES string of the molecule is CCN(CC)C(=O)C(C)c1cccc(OC)c1. The Morgan fingerprint density at radius 1 is 1.35 bits per heavy atom. The van der Waals surface area contributed by atoms with Gasteiger partial charge in [0, 0.05) is 13.1 Å². The van der Waals surface area contributed by atoms with E-state index >= 15 is 0 Å². The Labute approximate surface area is 103 Å². The summed E-state index contributed by atoms with van der Waals surface area (Å²) < 4.78 is 5.17. The summed E-state index contributed by atoms with van der Waals surface area (Å²) in [7, 11) is 1.63. The van der Waals surface area contributed by atoms with E-state index in [1.54, 1.807) is 7.11 Å². The van der Waals surface area contributed by atoms with Crippen molar-refractivity contribution in [3.63, 3.8) is 0 Å². The van der Waals surface area contributed by atoms with Crippen molar-refractivity contribution in [2.45, 2.75) is 26.7 Å². The molecule has 0 saturated carbocycles. The number of amides is 1. The van der Waals surface area contributed by atoms with Crippen molar-refractivity contribution in [1.29, 1.82) is 0 Å². The second kappa shape index (κ2) is 6.28. The maximum atomic E-state index is 12.2. The van der Waals surface area contributed by atoms with Gasteiger partial charge in [0.2, 0.25) is 5.91 Å². The number of hydrogen-bond donors (Lipinski definition) is 0. The second-order valence-electron chi connectivity index (χ2n) is 4.01. The number of nitrogens with zero attached hydrogens (tertiary/aromatic N) is 1. The van der Waals surface area contributed by atoms with Crippen LogP contribution < -0.4 is 4.74 Å². The standard InChI is InChI=1S/C14H21NO2/c1-5-15(6-2)14(16)11(3)12-8-7-9-13(10-12)17-4/h7-11H,5-6H2,1-4H3. The van der Waals surface area contributed by atoms with E-state index in [0.717, 1.165) is 24.4 Å². The Bertz CT molecular complexity index is 372. The Kier molecular flexibility index (Phi) is 5.01. The van der Waals surface area contributed by atoms with Gasteiger partial charge in [-0.25, -0.2) is 0 Å². The number of methoxy groups -OCH3 is 1. The van der Waals surface area contributed by atoms with Crippen LogP contribution in [0.4, 0.5) is 0 Å². The fourth-order valence-corrected chi connectivity index (χ4v) is 1.86. The van der Waals surface area contributed by atoms with E-state index in [0.29, 0.717) is 0 Å². The third kappa shape index (κ3) is 3.22. The molecule has 94 valence electrons. The van der Waals surface area contributed by atoms with Gasteiger partial charge in [-0.15, -0.1) is 0 Å². The summed E-state index contributed by atoms with van der Waals surface area (Å²) in [5.74, 6) is 0.843. The molecule has 0 bridgehead atoms. The van der Waals surface area contributed by atoms with Gasteiger partial charge >= 0.3 is 0 Å². The molecule has 0 aliphatic heterocycles. The highest BCUT2D eigenvalue weighted by Crippen LogP contribution is 2.22. The van der Waals surface area contributed by atoms with Gasteiger partial charge in [-0.05, 0) is 38.5 Å². The van der Waals surface area contributed by atoms with Crippen LogP contribution in [0.15, 0.2) is 24.3 Å². The summed E-state index contributed by atoms with van der Waals surface area (Å²) in [6.45, 7) is 7.45. The first kappa shape index (κ1) is 13.6. The molecule has 1 rings (SSSR count). The molecule has 1 amide bonds. The maximum Gasteiger partial charge on any atom is 0.229 e. The molecule has 0 fully saturated rings. The molecule has 0 heterocycles. The average Bonchev–Trinajstić information content (AvgIpc) is 2.39. The average molecular weight is 235 g/mol. The zero-order chi connectivity index (χ0) is 12.8. The highest BCUT2D eigenvalue weighted by molar-refractivity contribution is 5.83. The Morgan fingerprint density at radius 3 is 2.53 bits per heavy atom. The lowest BCUT2D eigenvalue weighted by Gasteiger charge is -2.23. The van der Waals surface area contributed by atoms with E-state index in [4.69, 9.17) is 4.74 Å². The Hall–Kier alpha value is -1.51. The van der Waals surface area contributed by atoms with Crippen LogP contribution in [-0.2, 0) is 4.79 Å². The molecule has 3 heteroatoms. The summed E-state index contributed by atoms with van der Waals surface area (Å²) in [5.41, 5.74) is 1.00. The number of carbonyl (C=O) groups is 1. The monoisotopic (exact) mass is 235 g/mol. The lowest BCUT2D eigenvalue weighted by Crippen LogP contribution is -2.33. The van der Waals surface area contributed by atoms with Gasteiger partial charge in [0.05, 0.1) is 13.0 Å². The molecular weight excluding hydrogens is 214 g/mol. The van der Waals surface area contributed by atoms with Crippen molar-refractivity contribution in [3.8, 4) is 5.75 Å². The molecular formula is C14H21NO2. The first-order chi connectivity index (χ1) is 8.13. The van der Waals surface area contributed by atoms with Gasteiger partial charge in [0.25, 0.3) is 0 Å². The molecule has 0 aromatic heterocycles. The predicted molar refractivity (Wildman–Crippen MR) is 69.3 cm³/mol. The van der Waals surface area contributed by atoms with Gasteiger partial charge in [0.15, 0.2) is 0 Å². The molecule has 1 unspecified atom stereocenters. The van der Waals surface area contributed by atoms with E-state index in [9.17, 15) is 4.79 Å². The van der Waals surface area contributed by atoms with Crippen molar-refractivity contribution in [3.05, 3.63) is 29.8 Å². The molecule has 3 nitrogen and oxygen atoms in total. The van der Waals surface area contributed by atoms with Crippen LogP contribution in [-0.4, -0.2) is 31.0 Å². The van der Waals surface area contributed by atoms with Gasteiger partial charge in [-0.3, -0.25) is 4.79 Å². The summed E-state index contributed by atoms with van der Waals surface area (Å²) in [6.07, 6.45) is 0. The maximum absolute atomic E-state index is 12.2. The summed E-state index contributed by atoms with van der Waals surface area (Å²) in [4.78, 5) is 14.0. The van der Waals surface area contributed by atoms with Crippen molar-refractivity contribution in [1.82, 2.24) is 4.90 Å². The molecule has 1 aromatic rings. The van der Waals surface area contributed by atoms with E-state index in [-0.39, 0.29) is 11.8 Å². The lowest BCUT2D eigenvalue weighted by atomic mass is 9.99. The number of ether oxygens (including phenoxy) is 1. The van der Waals surface area contributed by atoms with E-state index < -0.39 is 0 Å². The van der Waals surface area contributed by atoms with E-state index in [2.05, 4.69) is 0 Å². The predicted octanol–water partition coefficient (Wildman–Crippen LogP) is 2.67. The summed E-state index contributed by atoms with van der Waals surface area (Å²) in [5, 5.41) is 0. The Morgan fingerprint density at radius 2 is 2.00 bits per heavy atom. The minimum atomic E-state index is -0.120. The molecule has 0 saturated heterocycles. The number of likely N-dealkylation sites (N-methyl/N-ethyl adjacent to an activating group) is 1. The van der Waals surface area contributed by atoms with Crippen molar-refractivity contribution >= 4 is 5.91 Å². The van der Waals surface area contributed by atoms with Gasteiger partial charge in [-0.2, -0.15) is 0 Å². The van der Waals surface area contributed by atoms with Gasteiger partial charge in [0.1, 0.15) is 5.75 Å². The van der Waals surface area contributed by atoms with E-state index in [1.807, 2.05) is 49.9 Å². The van der Waals surface area contributed by atoms with Crippen LogP contribution in [0.1, 0.15) is 32.3 Å². The zero-order valence-electron chi connectivity index (χ0n) is 11.1. The minimum absolute atomic E-state index is 0.120. The molecule has 0 spiro atoms. The van der Waals surface area contributed by atoms with Crippen LogP contribution in [0, 0.1) is 0 Å². The van der Waals surface area contributed by atoms with Gasteiger partial charge in [-0.1, -0.05) is 12.1 Å². The highest BCUT2D eigenvalue weighted by atomic mass is 16.5. The van der Waals surface area contributed by atoms with Gasteiger partial charge < -0.3 is 9.64 Å². The number of hydrogen-bond acceptors (Lipinski definition) is 2. The zero-order valence-corrected chi connectivity index (χ0v) is 11.1. The number of rotatable bonds is 5. The topological polar surface area (TPSA) is 29.5 Å². The van der Waals surface area contributed by atoms with E-state index in [1.165, 1.54) is 0 Å². The van der Waals surface area contributed by atoms with Crippen molar-refractivity contribution < 1.29 is 9.53 Å². The normalized spacial score (nSPS) is 12.0. The largest absolute Gasteiger partial charge is 0.497 e. The van der Waals surface area contributed by atoms with Crippen LogP contribution in [0.25, 0.3) is 0 Å². The van der Waals surface area contributed by atoms with Crippen LogP contribution >= 0.6 is 0 Å². The highest BCUT2D eigenvalue weighted by Gasteiger charge is 2.19. The smallest absolute Gasteiger partial charge is 0.229 e. The third-order valence-corrected chi connectivity index (χ3v) is 3.04. The molecule has 1 aromatic carbocycles. The molecule has 0 N–H and O–H groups in total. The third-order valence-electron chi connectivity index (χ3n) is 3.04. The first-order valence-electron chi connectivity index (χ1n) is 6.06. The molecule has 1 atom stereocenters. The number of benzene rings is 1.